The summed E-state index contributed by atoms with van der Waals surface area (Å²) in [6.07, 6.45) is 7.10. The average molecular weight is 477 g/mol. The molecule has 0 amide bonds. The van der Waals surface area contributed by atoms with E-state index in [0.717, 1.165) is 51.4 Å². The van der Waals surface area contributed by atoms with Gasteiger partial charge in [-0.15, -0.1) is 0 Å². The van der Waals surface area contributed by atoms with Crippen LogP contribution in [0.1, 0.15) is 107 Å². The fraction of sp³-hybridized carbons (Fsp3) is 0.929. The summed E-state index contributed by atoms with van der Waals surface area (Å²) in [7, 11) is 0. The van der Waals surface area contributed by atoms with Gasteiger partial charge in [-0.05, 0) is 106 Å². The van der Waals surface area contributed by atoms with Gasteiger partial charge in [0.15, 0.2) is 0 Å². The second kappa shape index (κ2) is 8.76. The van der Waals surface area contributed by atoms with Crippen LogP contribution in [0.5, 0.6) is 0 Å². The molecule has 2 heterocycles. The van der Waals surface area contributed by atoms with Crippen LogP contribution < -0.4 is 10.6 Å². The normalized spacial score (nSPS) is 39.8. The molecule has 194 valence electrons. The van der Waals surface area contributed by atoms with E-state index >= 15 is 0 Å². The SMILES string of the molecule is CC1(C)CC(OC(=O)C2CCC3CC(C(=O)OC4CC(C)(C)NC4(C)C)CCC3C2)C(C)(C)N1. The molecule has 4 fully saturated rings. The molecule has 0 spiro atoms. The fourth-order valence-electron chi connectivity index (χ4n) is 7.61. The quantitative estimate of drug-likeness (QED) is 0.571. The summed E-state index contributed by atoms with van der Waals surface area (Å²) in [5, 5.41) is 7.20. The molecule has 0 aromatic carbocycles. The molecule has 6 nitrogen and oxygen atoms in total. The first kappa shape index (κ1) is 25.9. The first-order valence-electron chi connectivity index (χ1n) is 13.6. The minimum atomic E-state index is -0.201. The van der Waals surface area contributed by atoms with Crippen molar-refractivity contribution in [1.29, 1.82) is 0 Å². The Balaban J connectivity index is 1.28. The molecule has 34 heavy (non-hydrogen) atoms. The molecule has 2 aliphatic carbocycles. The van der Waals surface area contributed by atoms with E-state index in [4.69, 9.17) is 9.47 Å². The lowest BCUT2D eigenvalue weighted by Gasteiger charge is -2.41. The molecule has 0 radical (unpaired) electrons. The highest BCUT2D eigenvalue weighted by atomic mass is 16.6. The van der Waals surface area contributed by atoms with Crippen molar-refractivity contribution in [1.82, 2.24) is 10.6 Å². The van der Waals surface area contributed by atoms with Gasteiger partial charge < -0.3 is 20.1 Å². The zero-order chi connectivity index (χ0) is 25.1. The van der Waals surface area contributed by atoms with Gasteiger partial charge in [-0.3, -0.25) is 9.59 Å². The number of hydrogen-bond donors (Lipinski definition) is 2. The van der Waals surface area contributed by atoms with Crippen molar-refractivity contribution in [2.24, 2.45) is 23.7 Å². The van der Waals surface area contributed by atoms with Gasteiger partial charge in [0.2, 0.25) is 0 Å². The lowest BCUT2D eigenvalue weighted by Crippen LogP contribution is -2.48. The second-order valence-corrected chi connectivity index (χ2v) is 14.3. The Morgan fingerprint density at radius 3 is 1.26 bits per heavy atom. The Morgan fingerprint density at radius 1 is 0.618 bits per heavy atom. The van der Waals surface area contributed by atoms with Crippen molar-refractivity contribution >= 4 is 11.9 Å². The monoisotopic (exact) mass is 476 g/mol. The van der Waals surface area contributed by atoms with E-state index in [0.29, 0.717) is 11.8 Å². The molecule has 2 aliphatic heterocycles. The van der Waals surface area contributed by atoms with Gasteiger partial charge in [0, 0.05) is 23.9 Å². The summed E-state index contributed by atoms with van der Waals surface area (Å²) in [5.41, 5.74) is -0.432. The van der Waals surface area contributed by atoms with Crippen LogP contribution in [0.3, 0.4) is 0 Å². The van der Waals surface area contributed by atoms with E-state index in [2.05, 4.69) is 66.0 Å². The molecule has 0 bridgehead atoms. The number of fused-ring (bicyclic) bond motifs is 1. The minimum absolute atomic E-state index is 0.00291. The Kier molecular flexibility index (Phi) is 6.68. The van der Waals surface area contributed by atoms with Crippen molar-refractivity contribution in [2.45, 2.75) is 141 Å². The third kappa shape index (κ3) is 5.48. The molecular weight excluding hydrogens is 428 g/mol. The van der Waals surface area contributed by atoms with E-state index in [1.807, 2.05) is 0 Å². The number of nitrogens with one attached hydrogen (secondary N) is 2. The smallest absolute Gasteiger partial charge is 0.309 e. The van der Waals surface area contributed by atoms with Gasteiger partial charge in [0.25, 0.3) is 0 Å². The number of carbonyl (C=O) groups excluding carboxylic acids is 2. The Bertz CT molecular complexity index is 736. The number of esters is 2. The van der Waals surface area contributed by atoms with Crippen LogP contribution in [0, 0.1) is 23.7 Å². The lowest BCUT2D eigenvalue weighted by molar-refractivity contribution is -0.162. The highest BCUT2D eigenvalue weighted by Crippen LogP contribution is 2.46. The van der Waals surface area contributed by atoms with Crippen LogP contribution in [0.15, 0.2) is 0 Å². The highest BCUT2D eigenvalue weighted by Gasteiger charge is 2.49. The Hall–Kier alpha value is -1.14. The number of hydrogen-bond acceptors (Lipinski definition) is 6. The fourth-order valence-corrected chi connectivity index (χ4v) is 7.61. The van der Waals surface area contributed by atoms with Crippen molar-refractivity contribution in [3.8, 4) is 0 Å². The predicted molar refractivity (Wildman–Crippen MR) is 133 cm³/mol. The highest BCUT2D eigenvalue weighted by molar-refractivity contribution is 5.74. The molecule has 2 saturated carbocycles. The van der Waals surface area contributed by atoms with E-state index in [1.165, 1.54) is 0 Å². The average Bonchev–Trinajstić information content (AvgIpc) is 3.04. The zero-order valence-corrected chi connectivity index (χ0v) is 22.8. The topological polar surface area (TPSA) is 76.7 Å². The van der Waals surface area contributed by atoms with Crippen LogP contribution in [0.2, 0.25) is 0 Å². The van der Waals surface area contributed by atoms with Crippen molar-refractivity contribution in [3.63, 3.8) is 0 Å². The molecule has 2 saturated heterocycles. The molecular formula is C28H48N2O4. The molecule has 4 aliphatic rings. The van der Waals surface area contributed by atoms with E-state index in [1.54, 1.807) is 0 Å². The van der Waals surface area contributed by atoms with Crippen molar-refractivity contribution in [3.05, 3.63) is 0 Å². The van der Waals surface area contributed by atoms with E-state index in [-0.39, 0.29) is 58.1 Å². The summed E-state index contributed by atoms with van der Waals surface area (Å²) in [6.45, 7) is 17.2. The molecule has 2 N–H and O–H groups in total. The lowest BCUT2D eigenvalue weighted by atomic mass is 9.65. The van der Waals surface area contributed by atoms with Gasteiger partial charge in [-0.25, -0.2) is 0 Å². The van der Waals surface area contributed by atoms with Crippen LogP contribution in [-0.2, 0) is 19.1 Å². The van der Waals surface area contributed by atoms with Crippen LogP contribution >= 0.6 is 0 Å². The van der Waals surface area contributed by atoms with Crippen LogP contribution in [0.25, 0.3) is 0 Å². The molecule has 0 aromatic heterocycles. The van der Waals surface area contributed by atoms with Crippen molar-refractivity contribution < 1.29 is 19.1 Å². The molecule has 6 unspecified atom stereocenters. The molecule has 0 aromatic rings. The third-order valence-corrected chi connectivity index (χ3v) is 9.12. The maximum atomic E-state index is 13.1. The first-order chi connectivity index (χ1) is 15.6. The molecule has 4 rings (SSSR count). The Labute approximate surface area is 206 Å². The minimum Gasteiger partial charge on any atom is -0.460 e. The summed E-state index contributed by atoms with van der Waals surface area (Å²) >= 11 is 0. The third-order valence-electron chi connectivity index (χ3n) is 9.12. The van der Waals surface area contributed by atoms with E-state index in [9.17, 15) is 9.59 Å². The van der Waals surface area contributed by atoms with Crippen LogP contribution in [-0.4, -0.2) is 46.3 Å². The summed E-state index contributed by atoms with van der Waals surface area (Å²) < 4.78 is 12.1. The van der Waals surface area contributed by atoms with Crippen LogP contribution in [0.4, 0.5) is 0 Å². The van der Waals surface area contributed by atoms with Gasteiger partial charge in [-0.1, -0.05) is 0 Å². The second-order valence-electron chi connectivity index (χ2n) is 14.3. The molecule has 6 atom stereocenters. The zero-order valence-electron chi connectivity index (χ0n) is 22.8. The maximum absolute atomic E-state index is 13.1. The Morgan fingerprint density at radius 2 is 0.971 bits per heavy atom. The van der Waals surface area contributed by atoms with Gasteiger partial charge in [0.05, 0.1) is 22.9 Å². The number of rotatable bonds is 4. The van der Waals surface area contributed by atoms with Crippen molar-refractivity contribution in [2.75, 3.05) is 0 Å². The van der Waals surface area contributed by atoms with Gasteiger partial charge in [-0.2, -0.15) is 0 Å². The number of ether oxygens (including phenoxy) is 2. The summed E-state index contributed by atoms with van der Waals surface area (Å²) in [6, 6.07) is 0. The van der Waals surface area contributed by atoms with E-state index < -0.39 is 0 Å². The molecule has 6 heteroatoms. The largest absolute Gasteiger partial charge is 0.460 e. The summed E-state index contributed by atoms with van der Waals surface area (Å²) in [4.78, 5) is 26.2. The standard InChI is InChI=1S/C28H48N2O4/c1-25(2)15-21(27(5,6)29-25)33-23(31)19-11-9-18-14-20(12-10-17(18)13-19)24(32)34-22-16-26(3,4)30-28(22,7)8/h17-22,29-30H,9-16H2,1-8H3. The first-order valence-corrected chi connectivity index (χ1v) is 13.6. The maximum Gasteiger partial charge on any atom is 0.309 e. The van der Waals surface area contributed by atoms with Gasteiger partial charge >= 0.3 is 11.9 Å². The number of carbonyl (C=O) groups is 2. The predicted octanol–water partition coefficient (Wildman–Crippen LogP) is 4.74. The summed E-state index contributed by atoms with van der Waals surface area (Å²) in [5.74, 6) is 0.996. The van der Waals surface area contributed by atoms with Gasteiger partial charge in [0.1, 0.15) is 12.2 Å².